The summed E-state index contributed by atoms with van der Waals surface area (Å²) < 4.78 is 35.5. The zero-order valence-electron chi connectivity index (χ0n) is 13.8. The Morgan fingerprint density at radius 1 is 1.04 bits per heavy atom. The zero-order chi connectivity index (χ0) is 18.6. The van der Waals surface area contributed by atoms with Crippen LogP contribution in [0.5, 0.6) is 11.5 Å². The van der Waals surface area contributed by atoms with Gasteiger partial charge in [0.2, 0.25) is 0 Å². The van der Waals surface area contributed by atoms with Crippen molar-refractivity contribution >= 4 is 31.9 Å². The van der Waals surface area contributed by atoms with Crippen molar-refractivity contribution in [3.63, 3.8) is 0 Å². The second-order valence-electron chi connectivity index (χ2n) is 5.07. The van der Waals surface area contributed by atoms with Gasteiger partial charge in [-0.15, -0.1) is 4.83 Å². The molecule has 0 aromatic heterocycles. The molecule has 0 heterocycles. The van der Waals surface area contributed by atoms with Crippen LogP contribution >= 0.6 is 15.9 Å². The molecule has 1 amide bonds. The minimum absolute atomic E-state index is 0.0386. The highest BCUT2D eigenvalue weighted by molar-refractivity contribution is 9.10. The number of aryl methyl sites for hydroxylation is 1. The molecule has 0 aliphatic heterocycles. The van der Waals surface area contributed by atoms with Crippen molar-refractivity contribution in [2.45, 2.75) is 11.8 Å². The molecule has 0 spiro atoms. The van der Waals surface area contributed by atoms with Gasteiger partial charge in [0.05, 0.1) is 19.1 Å². The van der Waals surface area contributed by atoms with Crippen molar-refractivity contribution in [2.75, 3.05) is 14.2 Å². The number of ether oxygens (including phenoxy) is 2. The summed E-state index contributed by atoms with van der Waals surface area (Å²) in [6, 6.07) is 9.09. The van der Waals surface area contributed by atoms with Crippen molar-refractivity contribution in [1.29, 1.82) is 0 Å². The highest BCUT2D eigenvalue weighted by Gasteiger charge is 2.17. The number of nitrogens with one attached hydrogen (secondary N) is 2. The molecule has 0 saturated carbocycles. The fraction of sp³-hybridized carbons (Fsp3) is 0.188. The first kappa shape index (κ1) is 19.2. The van der Waals surface area contributed by atoms with Crippen molar-refractivity contribution in [3.8, 4) is 11.5 Å². The first-order valence-electron chi connectivity index (χ1n) is 7.08. The van der Waals surface area contributed by atoms with Crippen LogP contribution in [0.4, 0.5) is 0 Å². The van der Waals surface area contributed by atoms with Crippen LogP contribution in [-0.4, -0.2) is 28.5 Å². The van der Waals surface area contributed by atoms with Crippen molar-refractivity contribution in [2.24, 2.45) is 0 Å². The molecule has 25 heavy (non-hydrogen) atoms. The summed E-state index contributed by atoms with van der Waals surface area (Å²) in [6.45, 7) is 1.77. The summed E-state index contributed by atoms with van der Waals surface area (Å²) >= 11 is 3.31. The Kier molecular flexibility index (Phi) is 6.04. The molecule has 0 aliphatic rings. The van der Waals surface area contributed by atoms with Gasteiger partial charge < -0.3 is 9.47 Å². The Bertz CT molecular complexity index is 877. The van der Waals surface area contributed by atoms with Crippen LogP contribution in [0.1, 0.15) is 15.9 Å². The summed E-state index contributed by atoms with van der Waals surface area (Å²) in [4.78, 5) is 14.3. The summed E-state index contributed by atoms with van der Waals surface area (Å²) in [5.74, 6) is 0.182. The minimum Gasteiger partial charge on any atom is -0.497 e. The number of hydrogen-bond donors (Lipinski definition) is 2. The van der Waals surface area contributed by atoms with Crippen molar-refractivity contribution in [3.05, 3.63) is 52.0 Å². The summed E-state index contributed by atoms with van der Waals surface area (Å²) in [6.07, 6.45) is 0. The van der Waals surface area contributed by atoms with E-state index in [4.69, 9.17) is 9.47 Å². The predicted octanol–water partition coefficient (Wildman–Crippen LogP) is 2.40. The molecule has 0 atom stereocenters. The number of hydrazine groups is 1. The maximum absolute atomic E-state index is 12.3. The fourth-order valence-electron chi connectivity index (χ4n) is 1.97. The van der Waals surface area contributed by atoms with Crippen molar-refractivity contribution in [1.82, 2.24) is 10.3 Å². The molecule has 0 saturated heterocycles. The van der Waals surface area contributed by atoms with Crippen LogP contribution in [0.3, 0.4) is 0 Å². The van der Waals surface area contributed by atoms with E-state index in [1.165, 1.54) is 38.5 Å². The molecule has 2 aromatic rings. The van der Waals surface area contributed by atoms with E-state index in [1.807, 2.05) is 0 Å². The molecule has 0 bridgehead atoms. The molecular weight excluding hydrogens is 412 g/mol. The highest BCUT2D eigenvalue weighted by atomic mass is 79.9. The Labute approximate surface area is 154 Å². The van der Waals surface area contributed by atoms with E-state index >= 15 is 0 Å². The third kappa shape index (κ3) is 4.71. The lowest BCUT2D eigenvalue weighted by Gasteiger charge is -2.11. The molecule has 134 valence electrons. The normalized spacial score (nSPS) is 11.0. The maximum Gasteiger partial charge on any atom is 0.266 e. The van der Waals surface area contributed by atoms with Gasteiger partial charge in [0, 0.05) is 16.1 Å². The van der Waals surface area contributed by atoms with Gasteiger partial charge in [-0.1, -0.05) is 15.9 Å². The number of rotatable bonds is 6. The molecule has 2 aromatic carbocycles. The fourth-order valence-corrected chi connectivity index (χ4v) is 3.14. The van der Waals surface area contributed by atoms with Gasteiger partial charge >= 0.3 is 0 Å². The number of benzene rings is 2. The van der Waals surface area contributed by atoms with E-state index < -0.39 is 15.9 Å². The first-order valence-corrected chi connectivity index (χ1v) is 9.36. The Balaban J connectivity index is 2.17. The minimum atomic E-state index is -3.90. The van der Waals surface area contributed by atoms with Gasteiger partial charge in [0.15, 0.2) is 0 Å². The van der Waals surface area contributed by atoms with Crippen LogP contribution in [0, 0.1) is 6.92 Å². The van der Waals surface area contributed by atoms with Crippen LogP contribution in [-0.2, 0) is 10.0 Å². The van der Waals surface area contributed by atoms with E-state index in [0.717, 1.165) is 10.0 Å². The maximum atomic E-state index is 12.3. The van der Waals surface area contributed by atoms with Crippen molar-refractivity contribution < 1.29 is 22.7 Å². The van der Waals surface area contributed by atoms with E-state index in [0.29, 0.717) is 11.5 Å². The predicted molar refractivity (Wildman–Crippen MR) is 96.2 cm³/mol. The number of sulfonamides is 1. The largest absolute Gasteiger partial charge is 0.497 e. The topological polar surface area (TPSA) is 93.7 Å². The summed E-state index contributed by atoms with van der Waals surface area (Å²) in [7, 11) is -0.992. The lowest BCUT2D eigenvalue weighted by molar-refractivity contribution is 0.0944. The SMILES string of the molecule is COc1cc(OC)cc(C(=O)NNS(=O)(=O)c2ccc(Br)c(C)c2)c1. The molecule has 9 heteroatoms. The molecule has 0 fully saturated rings. The summed E-state index contributed by atoms with van der Waals surface area (Å²) in [5.41, 5.74) is 3.12. The van der Waals surface area contributed by atoms with Gasteiger partial charge in [-0.2, -0.15) is 0 Å². The molecule has 0 radical (unpaired) electrons. The van der Waals surface area contributed by atoms with E-state index in [2.05, 4.69) is 26.2 Å². The number of carbonyl (C=O) groups is 1. The molecule has 0 aliphatic carbocycles. The second kappa shape index (κ2) is 7.85. The third-order valence-electron chi connectivity index (χ3n) is 3.35. The van der Waals surface area contributed by atoms with E-state index in [9.17, 15) is 13.2 Å². The smallest absolute Gasteiger partial charge is 0.266 e. The third-order valence-corrected chi connectivity index (χ3v) is 5.49. The van der Waals surface area contributed by atoms with Gasteiger partial charge in [-0.05, 0) is 42.8 Å². The monoisotopic (exact) mass is 428 g/mol. The van der Waals surface area contributed by atoms with Gasteiger partial charge in [0.25, 0.3) is 15.9 Å². The van der Waals surface area contributed by atoms with Crippen LogP contribution < -0.4 is 19.7 Å². The van der Waals surface area contributed by atoms with E-state index in [-0.39, 0.29) is 10.5 Å². The Morgan fingerprint density at radius 3 is 2.16 bits per heavy atom. The van der Waals surface area contributed by atoms with E-state index in [1.54, 1.807) is 19.1 Å². The number of methoxy groups -OCH3 is 2. The summed E-state index contributed by atoms with van der Waals surface area (Å²) in [5, 5.41) is 0. The van der Waals surface area contributed by atoms with Gasteiger partial charge in [0.1, 0.15) is 11.5 Å². The molecular formula is C16H17BrN2O5S. The quantitative estimate of drug-likeness (QED) is 0.688. The Hall–Kier alpha value is -2.10. The lowest BCUT2D eigenvalue weighted by Crippen LogP contribution is -2.41. The number of hydrogen-bond acceptors (Lipinski definition) is 5. The number of amides is 1. The molecule has 2 rings (SSSR count). The molecule has 2 N–H and O–H groups in total. The first-order chi connectivity index (χ1) is 11.8. The average molecular weight is 429 g/mol. The van der Waals surface area contributed by atoms with Gasteiger partial charge in [-0.3, -0.25) is 10.2 Å². The molecule has 0 unspecified atom stereocenters. The number of halogens is 1. The lowest BCUT2D eigenvalue weighted by atomic mass is 10.2. The van der Waals surface area contributed by atoms with Crippen LogP contribution in [0.25, 0.3) is 0 Å². The second-order valence-corrected chi connectivity index (χ2v) is 7.61. The molecule has 7 nitrogen and oxygen atoms in total. The zero-order valence-corrected chi connectivity index (χ0v) is 16.2. The Morgan fingerprint density at radius 2 is 1.64 bits per heavy atom. The highest BCUT2D eigenvalue weighted by Crippen LogP contribution is 2.22. The average Bonchev–Trinajstić information content (AvgIpc) is 2.61. The number of carbonyl (C=O) groups excluding carboxylic acids is 1. The van der Waals surface area contributed by atoms with Crippen LogP contribution in [0.2, 0.25) is 0 Å². The van der Waals surface area contributed by atoms with Gasteiger partial charge in [-0.25, -0.2) is 8.42 Å². The van der Waals surface area contributed by atoms with Crippen LogP contribution in [0.15, 0.2) is 45.8 Å². The standard InChI is InChI=1S/C16H17BrN2O5S/c1-10-6-14(4-5-15(10)17)25(21,22)19-18-16(20)11-7-12(23-2)9-13(8-11)24-3/h4-9,19H,1-3H3,(H,18,20).